The molecule has 1 aromatic carbocycles. The molecular weight excluding hydrogens is 310 g/mol. The van der Waals surface area contributed by atoms with Crippen LogP contribution in [-0.4, -0.2) is 25.0 Å². The fourth-order valence-corrected chi connectivity index (χ4v) is 3.26. The Bertz CT molecular complexity index is 617. The fourth-order valence-electron chi connectivity index (χ4n) is 2.17. The lowest BCUT2D eigenvalue weighted by atomic mass is 10.1. The number of thiophene rings is 1. The Kier molecular flexibility index (Phi) is 4.65. The molecule has 112 valence electrons. The highest BCUT2D eigenvalue weighted by molar-refractivity contribution is 7.16. The molecule has 0 fully saturated rings. The van der Waals surface area contributed by atoms with Crippen molar-refractivity contribution in [3.63, 3.8) is 0 Å². The number of nitrogens with one attached hydrogen (secondary N) is 1. The SMILES string of the molecule is OC(CNCCc1ccc(Cl)s1)c1ccc2c(c1)OCO2. The predicted octanol–water partition coefficient (Wildman–Crippen LogP) is 3.00. The van der Waals surface area contributed by atoms with E-state index in [9.17, 15) is 5.11 Å². The standard InChI is InChI=1S/C15H16ClNO3S/c16-15-4-2-11(21-15)5-6-17-8-12(18)10-1-3-13-14(7-10)20-9-19-13/h1-4,7,12,17-18H,5-6,8-9H2. The molecule has 1 aromatic heterocycles. The number of aliphatic hydroxyl groups excluding tert-OH is 1. The second-order valence-electron chi connectivity index (χ2n) is 4.79. The number of rotatable bonds is 6. The summed E-state index contributed by atoms with van der Waals surface area (Å²) in [5.41, 5.74) is 0.825. The summed E-state index contributed by atoms with van der Waals surface area (Å²) in [6, 6.07) is 9.45. The van der Waals surface area contributed by atoms with Crippen molar-refractivity contribution in [2.45, 2.75) is 12.5 Å². The van der Waals surface area contributed by atoms with Crippen molar-refractivity contribution < 1.29 is 14.6 Å². The first-order valence-electron chi connectivity index (χ1n) is 6.75. The van der Waals surface area contributed by atoms with Crippen LogP contribution in [0.1, 0.15) is 16.5 Å². The molecule has 1 aliphatic rings. The smallest absolute Gasteiger partial charge is 0.231 e. The summed E-state index contributed by atoms with van der Waals surface area (Å²) in [7, 11) is 0. The topological polar surface area (TPSA) is 50.7 Å². The van der Waals surface area contributed by atoms with Crippen LogP contribution in [0.5, 0.6) is 11.5 Å². The average Bonchev–Trinajstić information content (AvgIpc) is 3.11. The molecule has 3 rings (SSSR count). The summed E-state index contributed by atoms with van der Waals surface area (Å²) in [6.45, 7) is 1.55. The van der Waals surface area contributed by atoms with Gasteiger partial charge in [-0.2, -0.15) is 0 Å². The Hall–Kier alpha value is -1.27. The number of benzene rings is 1. The first kappa shape index (κ1) is 14.7. The summed E-state index contributed by atoms with van der Waals surface area (Å²) in [4.78, 5) is 1.24. The molecule has 0 bridgehead atoms. The van der Waals surface area contributed by atoms with Crippen LogP contribution in [0.15, 0.2) is 30.3 Å². The summed E-state index contributed by atoms with van der Waals surface area (Å²) in [5, 5.41) is 13.4. The van der Waals surface area contributed by atoms with Gasteiger partial charge in [0.2, 0.25) is 6.79 Å². The molecule has 2 N–H and O–H groups in total. The van der Waals surface area contributed by atoms with E-state index in [2.05, 4.69) is 5.32 Å². The summed E-state index contributed by atoms with van der Waals surface area (Å²) >= 11 is 7.48. The van der Waals surface area contributed by atoms with Gasteiger partial charge in [0.1, 0.15) is 0 Å². The van der Waals surface area contributed by atoms with Gasteiger partial charge in [0, 0.05) is 18.0 Å². The largest absolute Gasteiger partial charge is 0.454 e. The van der Waals surface area contributed by atoms with Crippen LogP contribution < -0.4 is 14.8 Å². The second-order valence-corrected chi connectivity index (χ2v) is 6.59. The minimum atomic E-state index is -0.563. The van der Waals surface area contributed by atoms with Crippen LogP contribution in [0, 0.1) is 0 Å². The summed E-state index contributed by atoms with van der Waals surface area (Å²) in [5.74, 6) is 1.42. The Morgan fingerprint density at radius 1 is 1.24 bits per heavy atom. The number of halogens is 1. The molecule has 6 heteroatoms. The Balaban J connectivity index is 1.46. The molecule has 1 aliphatic heterocycles. The van der Waals surface area contributed by atoms with E-state index in [1.165, 1.54) is 4.88 Å². The Morgan fingerprint density at radius 2 is 2.10 bits per heavy atom. The molecule has 1 atom stereocenters. The van der Waals surface area contributed by atoms with Crippen molar-refractivity contribution in [2.24, 2.45) is 0 Å². The second kappa shape index (κ2) is 6.66. The average molecular weight is 326 g/mol. The van der Waals surface area contributed by atoms with Crippen molar-refractivity contribution in [3.8, 4) is 11.5 Å². The maximum Gasteiger partial charge on any atom is 0.231 e. The molecule has 4 nitrogen and oxygen atoms in total. The quantitative estimate of drug-likeness (QED) is 0.802. The van der Waals surface area contributed by atoms with E-state index in [0.717, 1.165) is 28.6 Å². The van der Waals surface area contributed by atoms with Crippen LogP contribution in [0.2, 0.25) is 4.34 Å². The zero-order chi connectivity index (χ0) is 14.7. The van der Waals surface area contributed by atoms with Gasteiger partial charge in [0.05, 0.1) is 10.4 Å². The highest BCUT2D eigenvalue weighted by Crippen LogP contribution is 2.34. The van der Waals surface area contributed by atoms with E-state index in [0.29, 0.717) is 12.3 Å². The molecule has 21 heavy (non-hydrogen) atoms. The van der Waals surface area contributed by atoms with Crippen LogP contribution in [0.4, 0.5) is 0 Å². The lowest BCUT2D eigenvalue weighted by molar-refractivity contribution is 0.170. The molecular formula is C15H16ClNO3S. The van der Waals surface area contributed by atoms with E-state index in [-0.39, 0.29) is 6.79 Å². The van der Waals surface area contributed by atoms with Crippen LogP contribution in [-0.2, 0) is 6.42 Å². The molecule has 0 spiro atoms. The highest BCUT2D eigenvalue weighted by Gasteiger charge is 2.16. The van der Waals surface area contributed by atoms with Crippen molar-refractivity contribution in [1.29, 1.82) is 0 Å². The Labute approximate surface area is 132 Å². The molecule has 0 aliphatic carbocycles. The van der Waals surface area contributed by atoms with Gasteiger partial charge in [-0.05, 0) is 36.2 Å². The van der Waals surface area contributed by atoms with Crippen molar-refractivity contribution >= 4 is 22.9 Å². The number of hydrogen-bond donors (Lipinski definition) is 2. The first-order chi connectivity index (χ1) is 10.2. The minimum absolute atomic E-state index is 0.247. The Morgan fingerprint density at radius 3 is 2.90 bits per heavy atom. The molecule has 2 heterocycles. The third kappa shape index (κ3) is 3.68. The fraction of sp³-hybridized carbons (Fsp3) is 0.333. The van der Waals surface area contributed by atoms with E-state index < -0.39 is 6.10 Å². The van der Waals surface area contributed by atoms with Crippen molar-refractivity contribution in [2.75, 3.05) is 19.9 Å². The summed E-state index contributed by atoms with van der Waals surface area (Å²) in [6.07, 6.45) is 0.344. The monoisotopic (exact) mass is 325 g/mol. The normalized spacial score (nSPS) is 14.4. The molecule has 0 saturated carbocycles. The third-order valence-electron chi connectivity index (χ3n) is 3.30. The van der Waals surface area contributed by atoms with Gasteiger partial charge in [0.15, 0.2) is 11.5 Å². The van der Waals surface area contributed by atoms with Gasteiger partial charge in [-0.25, -0.2) is 0 Å². The zero-order valence-electron chi connectivity index (χ0n) is 11.3. The highest BCUT2D eigenvalue weighted by atomic mass is 35.5. The third-order valence-corrected chi connectivity index (χ3v) is 4.59. The van der Waals surface area contributed by atoms with Crippen LogP contribution in [0.25, 0.3) is 0 Å². The molecule has 0 radical (unpaired) electrons. The predicted molar refractivity (Wildman–Crippen MR) is 83.4 cm³/mol. The van der Waals surface area contributed by atoms with Crippen LogP contribution in [0.3, 0.4) is 0 Å². The number of aliphatic hydroxyl groups is 1. The van der Waals surface area contributed by atoms with Gasteiger partial charge >= 0.3 is 0 Å². The lowest BCUT2D eigenvalue weighted by Crippen LogP contribution is -2.23. The summed E-state index contributed by atoms with van der Waals surface area (Å²) < 4.78 is 11.4. The first-order valence-corrected chi connectivity index (χ1v) is 7.94. The van der Waals surface area contributed by atoms with Crippen LogP contribution >= 0.6 is 22.9 Å². The molecule has 2 aromatic rings. The molecule has 0 amide bonds. The van der Waals surface area contributed by atoms with Gasteiger partial charge in [-0.3, -0.25) is 0 Å². The van der Waals surface area contributed by atoms with E-state index >= 15 is 0 Å². The molecule has 0 saturated heterocycles. The van der Waals surface area contributed by atoms with E-state index in [1.54, 1.807) is 11.3 Å². The van der Waals surface area contributed by atoms with Crippen molar-refractivity contribution in [1.82, 2.24) is 5.32 Å². The van der Waals surface area contributed by atoms with Crippen molar-refractivity contribution in [3.05, 3.63) is 45.1 Å². The van der Waals surface area contributed by atoms with E-state index in [1.807, 2.05) is 30.3 Å². The van der Waals surface area contributed by atoms with Gasteiger partial charge < -0.3 is 19.9 Å². The number of ether oxygens (including phenoxy) is 2. The number of fused-ring (bicyclic) bond motifs is 1. The zero-order valence-corrected chi connectivity index (χ0v) is 12.9. The van der Waals surface area contributed by atoms with E-state index in [4.69, 9.17) is 21.1 Å². The van der Waals surface area contributed by atoms with Gasteiger partial charge in [-0.15, -0.1) is 11.3 Å². The minimum Gasteiger partial charge on any atom is -0.454 e. The molecule has 1 unspecified atom stereocenters. The van der Waals surface area contributed by atoms with Gasteiger partial charge in [0.25, 0.3) is 0 Å². The maximum absolute atomic E-state index is 10.2. The van der Waals surface area contributed by atoms with Gasteiger partial charge in [-0.1, -0.05) is 17.7 Å². The lowest BCUT2D eigenvalue weighted by Gasteiger charge is -2.12. The number of hydrogen-bond acceptors (Lipinski definition) is 5. The maximum atomic E-state index is 10.2.